The summed E-state index contributed by atoms with van der Waals surface area (Å²) in [6.07, 6.45) is 0. The summed E-state index contributed by atoms with van der Waals surface area (Å²) in [7, 11) is 0. The number of carbonyl (C=O) groups excluding carboxylic acids is 1. The van der Waals surface area contributed by atoms with Gasteiger partial charge in [0.15, 0.2) is 5.69 Å². The summed E-state index contributed by atoms with van der Waals surface area (Å²) >= 11 is 0. The van der Waals surface area contributed by atoms with Gasteiger partial charge in [0, 0.05) is 18.7 Å². The molecule has 0 radical (unpaired) electrons. The highest BCUT2D eigenvalue weighted by Gasteiger charge is 2.05. The second-order valence-electron chi connectivity index (χ2n) is 6.24. The van der Waals surface area contributed by atoms with Crippen LogP contribution in [0.15, 0.2) is 72.8 Å². The van der Waals surface area contributed by atoms with Crippen molar-refractivity contribution in [1.82, 2.24) is 5.32 Å². The van der Waals surface area contributed by atoms with E-state index in [1.807, 2.05) is 48.5 Å². The fourth-order valence-electron chi connectivity index (χ4n) is 2.56. The largest absolute Gasteiger partial charge is 0.458 e. The lowest BCUT2D eigenvalue weighted by atomic mass is 10.1. The van der Waals surface area contributed by atoms with Crippen LogP contribution in [0.1, 0.15) is 21.5 Å². The van der Waals surface area contributed by atoms with E-state index in [1.54, 1.807) is 24.3 Å². The summed E-state index contributed by atoms with van der Waals surface area (Å²) in [5.74, 6) is 1.20. The first-order chi connectivity index (χ1) is 14.2. The minimum absolute atomic E-state index is 0.0959. The molecule has 3 N–H and O–H groups in total. The monoisotopic (exact) mass is 387 g/mol. The Hall–Kier alpha value is -3.82. The molecule has 0 aliphatic carbocycles. The number of carbonyl (C=O) groups is 1. The van der Waals surface area contributed by atoms with Crippen LogP contribution in [0.5, 0.6) is 11.5 Å². The van der Waals surface area contributed by atoms with Crippen molar-refractivity contribution in [2.75, 3.05) is 6.79 Å². The van der Waals surface area contributed by atoms with Gasteiger partial charge >= 0.3 is 0 Å². The lowest BCUT2D eigenvalue weighted by molar-refractivity contribution is 0.0951. The summed E-state index contributed by atoms with van der Waals surface area (Å²) in [6, 6.07) is 21.5. The van der Waals surface area contributed by atoms with Crippen LogP contribution >= 0.6 is 0 Å². The Bertz CT molecular complexity index is 976. The molecule has 1 amide bonds. The van der Waals surface area contributed by atoms with Gasteiger partial charge in [-0.1, -0.05) is 48.5 Å². The van der Waals surface area contributed by atoms with Crippen LogP contribution in [0.3, 0.4) is 0 Å². The van der Waals surface area contributed by atoms with Gasteiger partial charge in [0.1, 0.15) is 11.5 Å². The molecule has 29 heavy (non-hydrogen) atoms. The van der Waals surface area contributed by atoms with E-state index in [9.17, 15) is 4.79 Å². The third-order valence-electron chi connectivity index (χ3n) is 4.25. The first-order valence-electron chi connectivity index (χ1n) is 9.07. The molecule has 0 aromatic heterocycles. The standard InChI is InChI=1S/C23H21N3O3/c1-25-20-8-6-19(7-9-20)23(27)26-15-18-4-12-22(13-5-18)29-16-28-21-10-2-17(14-24)3-11-21/h2-13H,14-16,24H2,(H,26,27). The Morgan fingerprint density at radius 1 is 0.862 bits per heavy atom. The van der Waals surface area contributed by atoms with Crippen LogP contribution in [0, 0.1) is 6.57 Å². The minimum atomic E-state index is -0.184. The molecular weight excluding hydrogens is 366 g/mol. The number of nitrogens with one attached hydrogen (secondary N) is 1. The fraction of sp³-hybridized carbons (Fsp3) is 0.130. The number of amides is 1. The zero-order valence-corrected chi connectivity index (χ0v) is 15.8. The van der Waals surface area contributed by atoms with Gasteiger partial charge in [-0.15, -0.1) is 0 Å². The SMILES string of the molecule is [C-]#[N+]c1ccc(C(=O)NCc2ccc(OCOc3ccc(CN)cc3)cc2)cc1. The molecule has 3 rings (SSSR count). The summed E-state index contributed by atoms with van der Waals surface area (Å²) in [6.45, 7) is 7.93. The van der Waals surface area contributed by atoms with Crippen molar-refractivity contribution in [2.24, 2.45) is 5.73 Å². The van der Waals surface area contributed by atoms with Gasteiger partial charge in [0.05, 0.1) is 6.57 Å². The van der Waals surface area contributed by atoms with Gasteiger partial charge in [0.25, 0.3) is 5.91 Å². The maximum Gasteiger partial charge on any atom is 0.251 e. The van der Waals surface area contributed by atoms with Gasteiger partial charge in [-0.05, 0) is 35.4 Å². The molecule has 0 spiro atoms. The second kappa shape index (κ2) is 9.93. The molecular formula is C23H21N3O3. The molecule has 6 heteroatoms. The zero-order chi connectivity index (χ0) is 20.5. The zero-order valence-electron chi connectivity index (χ0n) is 15.8. The Labute approximate surface area is 169 Å². The Morgan fingerprint density at radius 3 is 1.93 bits per heavy atom. The average molecular weight is 387 g/mol. The van der Waals surface area contributed by atoms with Crippen molar-refractivity contribution in [1.29, 1.82) is 0 Å². The lowest BCUT2D eigenvalue weighted by Gasteiger charge is -2.10. The number of rotatable bonds is 8. The fourth-order valence-corrected chi connectivity index (χ4v) is 2.56. The van der Waals surface area contributed by atoms with Gasteiger partial charge in [-0.25, -0.2) is 4.85 Å². The third-order valence-corrected chi connectivity index (χ3v) is 4.25. The average Bonchev–Trinajstić information content (AvgIpc) is 2.79. The molecule has 0 saturated carbocycles. The molecule has 0 fully saturated rings. The highest BCUT2D eigenvalue weighted by Crippen LogP contribution is 2.16. The smallest absolute Gasteiger partial charge is 0.251 e. The molecule has 0 aliphatic heterocycles. The van der Waals surface area contributed by atoms with Crippen LogP contribution in [0.25, 0.3) is 4.85 Å². The molecule has 0 bridgehead atoms. The number of hydrogen-bond donors (Lipinski definition) is 2. The normalized spacial score (nSPS) is 10.1. The van der Waals surface area contributed by atoms with Gasteiger partial charge in [0.2, 0.25) is 6.79 Å². The number of ether oxygens (including phenoxy) is 2. The van der Waals surface area contributed by atoms with E-state index in [1.165, 1.54) is 0 Å². The van der Waals surface area contributed by atoms with E-state index in [0.29, 0.717) is 35.8 Å². The molecule has 3 aromatic carbocycles. The van der Waals surface area contributed by atoms with E-state index in [2.05, 4.69) is 10.2 Å². The first-order valence-corrected chi connectivity index (χ1v) is 9.07. The van der Waals surface area contributed by atoms with E-state index in [-0.39, 0.29) is 12.7 Å². The molecule has 0 saturated heterocycles. The summed E-state index contributed by atoms with van der Waals surface area (Å²) in [5, 5.41) is 2.86. The summed E-state index contributed by atoms with van der Waals surface area (Å²) in [4.78, 5) is 15.5. The van der Waals surface area contributed by atoms with Gasteiger partial charge in [-0.2, -0.15) is 0 Å². The molecule has 0 unspecified atom stereocenters. The van der Waals surface area contributed by atoms with Crippen LogP contribution in [0.4, 0.5) is 5.69 Å². The maximum atomic E-state index is 12.2. The van der Waals surface area contributed by atoms with Crippen molar-refractivity contribution in [2.45, 2.75) is 13.1 Å². The van der Waals surface area contributed by atoms with E-state index < -0.39 is 0 Å². The summed E-state index contributed by atoms with van der Waals surface area (Å²) < 4.78 is 11.1. The molecule has 3 aromatic rings. The van der Waals surface area contributed by atoms with E-state index in [0.717, 1.165) is 11.1 Å². The van der Waals surface area contributed by atoms with Crippen molar-refractivity contribution >= 4 is 11.6 Å². The number of hydrogen-bond acceptors (Lipinski definition) is 4. The highest BCUT2D eigenvalue weighted by atomic mass is 16.7. The second-order valence-corrected chi connectivity index (χ2v) is 6.24. The third kappa shape index (κ3) is 5.83. The quantitative estimate of drug-likeness (QED) is 0.452. The Kier molecular flexibility index (Phi) is 6.82. The van der Waals surface area contributed by atoms with Crippen molar-refractivity contribution in [3.05, 3.63) is 101 Å². The molecule has 0 heterocycles. The van der Waals surface area contributed by atoms with Gasteiger partial charge < -0.3 is 20.5 Å². The van der Waals surface area contributed by atoms with Crippen molar-refractivity contribution in [3.63, 3.8) is 0 Å². The molecule has 146 valence electrons. The lowest BCUT2D eigenvalue weighted by Crippen LogP contribution is -2.22. The number of nitrogens with zero attached hydrogens (tertiary/aromatic N) is 1. The minimum Gasteiger partial charge on any atom is -0.458 e. The van der Waals surface area contributed by atoms with E-state index >= 15 is 0 Å². The van der Waals surface area contributed by atoms with Crippen LogP contribution in [0.2, 0.25) is 0 Å². The molecule has 0 aliphatic rings. The Morgan fingerprint density at radius 2 is 1.41 bits per heavy atom. The van der Waals surface area contributed by atoms with E-state index in [4.69, 9.17) is 21.8 Å². The number of benzene rings is 3. The predicted molar refractivity (Wildman–Crippen MR) is 111 cm³/mol. The van der Waals surface area contributed by atoms with Crippen molar-refractivity contribution < 1.29 is 14.3 Å². The molecule has 0 atom stereocenters. The summed E-state index contributed by atoms with van der Waals surface area (Å²) in [5.41, 5.74) is 8.59. The first kappa shape index (κ1) is 19.9. The highest BCUT2D eigenvalue weighted by molar-refractivity contribution is 5.94. The van der Waals surface area contributed by atoms with Crippen LogP contribution in [-0.4, -0.2) is 12.7 Å². The number of nitrogens with two attached hydrogens (primary N) is 1. The maximum absolute atomic E-state index is 12.2. The van der Waals surface area contributed by atoms with Gasteiger partial charge in [-0.3, -0.25) is 4.79 Å². The predicted octanol–water partition coefficient (Wildman–Crippen LogP) is 4.04. The topological polar surface area (TPSA) is 77.9 Å². The van der Waals surface area contributed by atoms with Crippen molar-refractivity contribution in [3.8, 4) is 11.5 Å². The van der Waals surface area contributed by atoms with Crippen LogP contribution < -0.4 is 20.5 Å². The Balaban J connectivity index is 1.44. The van der Waals surface area contributed by atoms with Crippen LogP contribution in [-0.2, 0) is 13.1 Å². The molecule has 6 nitrogen and oxygen atoms in total.